The molecule has 3 amide bonds. The molecule has 0 fully saturated rings. The van der Waals surface area contributed by atoms with Gasteiger partial charge >= 0.3 is 12.0 Å². The molecular formula is C13H25N3O4. The third-order valence-electron chi connectivity index (χ3n) is 3.41. The minimum Gasteiger partial charge on any atom is -0.480 e. The van der Waals surface area contributed by atoms with Crippen LogP contribution in [-0.4, -0.2) is 34.6 Å². The average molecular weight is 287 g/mol. The predicted octanol–water partition coefficient (Wildman–Crippen LogP) is 0.829. The fraction of sp³-hybridized carbons (Fsp3) is 0.769. The van der Waals surface area contributed by atoms with Crippen molar-refractivity contribution < 1.29 is 19.5 Å². The number of rotatable bonds is 8. The Morgan fingerprint density at radius 1 is 1.30 bits per heavy atom. The smallest absolute Gasteiger partial charge is 0.329 e. The monoisotopic (exact) mass is 287 g/mol. The molecule has 5 N–H and O–H groups in total. The molecule has 0 aliphatic carbocycles. The Kier molecular flexibility index (Phi) is 7.02. The molecule has 7 nitrogen and oxygen atoms in total. The Labute approximate surface area is 119 Å². The topological polar surface area (TPSA) is 122 Å². The van der Waals surface area contributed by atoms with E-state index in [0.717, 1.165) is 0 Å². The lowest BCUT2D eigenvalue weighted by molar-refractivity contribution is -0.147. The number of hydrogen-bond acceptors (Lipinski definition) is 3. The van der Waals surface area contributed by atoms with Gasteiger partial charge in [0.15, 0.2) is 0 Å². The van der Waals surface area contributed by atoms with Crippen molar-refractivity contribution in [2.75, 3.05) is 0 Å². The Morgan fingerprint density at radius 2 is 1.85 bits per heavy atom. The summed E-state index contributed by atoms with van der Waals surface area (Å²) in [4.78, 5) is 34.5. The van der Waals surface area contributed by atoms with Gasteiger partial charge in [-0.15, -0.1) is 0 Å². The minimum atomic E-state index is -1.35. The zero-order valence-corrected chi connectivity index (χ0v) is 12.5. The summed E-state index contributed by atoms with van der Waals surface area (Å²) in [5.74, 6) is -1.78. The molecule has 0 rings (SSSR count). The molecule has 0 radical (unpaired) electrons. The standard InChI is InChI=1S/C13H25N3O4/c1-5-7-13(4,11(18)19)16-10(17)9(8(3)6-2)15-12(14)20/h8-9H,5-7H2,1-4H3,(H,16,17)(H,18,19)(H3,14,15,20). The van der Waals surface area contributed by atoms with Crippen molar-refractivity contribution in [2.45, 2.75) is 58.5 Å². The van der Waals surface area contributed by atoms with Gasteiger partial charge in [0.05, 0.1) is 0 Å². The number of carboxylic acids is 1. The molecule has 0 heterocycles. The molecule has 0 aliphatic rings. The number of aliphatic carboxylic acids is 1. The Morgan fingerprint density at radius 3 is 2.20 bits per heavy atom. The van der Waals surface area contributed by atoms with Crippen molar-refractivity contribution in [1.82, 2.24) is 10.6 Å². The molecule has 3 unspecified atom stereocenters. The number of carbonyl (C=O) groups excluding carboxylic acids is 2. The summed E-state index contributed by atoms with van der Waals surface area (Å²) < 4.78 is 0. The highest BCUT2D eigenvalue weighted by Crippen LogP contribution is 2.15. The quantitative estimate of drug-likeness (QED) is 0.528. The first-order chi connectivity index (χ1) is 9.17. The third kappa shape index (κ3) is 5.07. The van der Waals surface area contributed by atoms with E-state index in [1.807, 2.05) is 13.8 Å². The first-order valence-corrected chi connectivity index (χ1v) is 6.79. The second-order valence-electron chi connectivity index (χ2n) is 5.25. The highest BCUT2D eigenvalue weighted by atomic mass is 16.4. The summed E-state index contributed by atoms with van der Waals surface area (Å²) in [7, 11) is 0. The average Bonchev–Trinajstić information content (AvgIpc) is 2.34. The molecule has 7 heteroatoms. The molecular weight excluding hydrogens is 262 g/mol. The van der Waals surface area contributed by atoms with Crippen molar-refractivity contribution in [3.8, 4) is 0 Å². The van der Waals surface area contributed by atoms with Gasteiger partial charge in [0.2, 0.25) is 5.91 Å². The van der Waals surface area contributed by atoms with Crippen LogP contribution < -0.4 is 16.4 Å². The lowest BCUT2D eigenvalue weighted by Gasteiger charge is -2.30. The molecule has 0 saturated carbocycles. The zero-order chi connectivity index (χ0) is 15.9. The molecule has 3 atom stereocenters. The molecule has 0 aliphatic heterocycles. The normalized spacial score (nSPS) is 16.6. The molecule has 0 bridgehead atoms. The van der Waals surface area contributed by atoms with Gasteiger partial charge in [0.25, 0.3) is 0 Å². The van der Waals surface area contributed by atoms with E-state index >= 15 is 0 Å². The van der Waals surface area contributed by atoms with Crippen LogP contribution in [0.4, 0.5) is 4.79 Å². The maximum atomic E-state index is 12.2. The van der Waals surface area contributed by atoms with Gasteiger partial charge in [-0.05, 0) is 19.3 Å². The summed E-state index contributed by atoms with van der Waals surface area (Å²) in [6, 6.07) is -1.65. The van der Waals surface area contributed by atoms with Crippen molar-refractivity contribution >= 4 is 17.9 Å². The van der Waals surface area contributed by atoms with Gasteiger partial charge in [0, 0.05) is 0 Å². The maximum Gasteiger partial charge on any atom is 0.329 e. The van der Waals surface area contributed by atoms with Crippen LogP contribution in [0.2, 0.25) is 0 Å². The number of carboxylic acid groups (broad SMARTS) is 1. The van der Waals surface area contributed by atoms with E-state index in [9.17, 15) is 19.5 Å². The van der Waals surface area contributed by atoms with Gasteiger partial charge < -0.3 is 21.5 Å². The van der Waals surface area contributed by atoms with Gasteiger partial charge in [-0.3, -0.25) is 4.79 Å². The number of carbonyl (C=O) groups is 3. The van der Waals surface area contributed by atoms with Crippen molar-refractivity contribution in [2.24, 2.45) is 11.7 Å². The minimum absolute atomic E-state index is 0.151. The fourth-order valence-electron chi connectivity index (χ4n) is 1.93. The SMILES string of the molecule is CCCC(C)(NC(=O)C(NC(N)=O)C(C)CC)C(=O)O. The number of amides is 3. The molecule has 0 saturated heterocycles. The van der Waals surface area contributed by atoms with Crippen molar-refractivity contribution in [3.05, 3.63) is 0 Å². The zero-order valence-electron chi connectivity index (χ0n) is 12.5. The van der Waals surface area contributed by atoms with E-state index in [-0.39, 0.29) is 5.92 Å². The first-order valence-electron chi connectivity index (χ1n) is 6.79. The van der Waals surface area contributed by atoms with Crippen molar-refractivity contribution in [1.29, 1.82) is 0 Å². The van der Waals surface area contributed by atoms with Gasteiger partial charge in [0.1, 0.15) is 11.6 Å². The first kappa shape index (κ1) is 18.2. The van der Waals surface area contributed by atoms with Gasteiger partial charge in [-0.1, -0.05) is 33.6 Å². The third-order valence-corrected chi connectivity index (χ3v) is 3.41. The largest absolute Gasteiger partial charge is 0.480 e. The summed E-state index contributed by atoms with van der Waals surface area (Å²) in [5, 5.41) is 14.1. The number of hydrogen-bond donors (Lipinski definition) is 4. The van der Waals surface area contributed by atoms with Crippen LogP contribution in [0.25, 0.3) is 0 Å². The van der Waals surface area contributed by atoms with E-state index in [4.69, 9.17) is 5.73 Å². The summed E-state index contributed by atoms with van der Waals surface area (Å²) >= 11 is 0. The summed E-state index contributed by atoms with van der Waals surface area (Å²) in [5.41, 5.74) is 3.71. The molecule has 0 aromatic rings. The highest BCUT2D eigenvalue weighted by Gasteiger charge is 2.37. The predicted molar refractivity (Wildman–Crippen MR) is 75.1 cm³/mol. The van der Waals surface area contributed by atoms with Crippen LogP contribution in [0, 0.1) is 5.92 Å². The van der Waals surface area contributed by atoms with Crippen LogP contribution in [-0.2, 0) is 9.59 Å². The molecule has 0 aromatic heterocycles. The van der Waals surface area contributed by atoms with E-state index in [1.165, 1.54) is 6.92 Å². The van der Waals surface area contributed by atoms with Crippen LogP contribution in [0.1, 0.15) is 47.0 Å². The second-order valence-corrected chi connectivity index (χ2v) is 5.25. The van der Waals surface area contributed by atoms with E-state index in [0.29, 0.717) is 19.3 Å². The number of nitrogens with two attached hydrogens (primary N) is 1. The number of primary amides is 1. The summed E-state index contributed by atoms with van der Waals surface area (Å²) in [6.07, 6.45) is 1.56. The molecule has 116 valence electrons. The lowest BCUT2D eigenvalue weighted by atomic mass is 9.93. The van der Waals surface area contributed by atoms with Crippen molar-refractivity contribution in [3.63, 3.8) is 0 Å². The Hall–Kier alpha value is -1.79. The van der Waals surface area contributed by atoms with E-state index < -0.39 is 29.5 Å². The van der Waals surface area contributed by atoms with Crippen LogP contribution in [0.3, 0.4) is 0 Å². The van der Waals surface area contributed by atoms with Gasteiger partial charge in [-0.2, -0.15) is 0 Å². The molecule has 0 aromatic carbocycles. The Bertz CT molecular complexity index is 373. The second kappa shape index (κ2) is 7.72. The van der Waals surface area contributed by atoms with Crippen LogP contribution in [0.15, 0.2) is 0 Å². The van der Waals surface area contributed by atoms with Crippen LogP contribution in [0.5, 0.6) is 0 Å². The van der Waals surface area contributed by atoms with Gasteiger partial charge in [-0.25, -0.2) is 9.59 Å². The number of urea groups is 1. The molecule has 0 spiro atoms. The van der Waals surface area contributed by atoms with Crippen LogP contribution >= 0.6 is 0 Å². The maximum absolute atomic E-state index is 12.2. The Balaban J connectivity index is 5.06. The highest BCUT2D eigenvalue weighted by molar-refractivity contribution is 5.91. The fourth-order valence-corrected chi connectivity index (χ4v) is 1.93. The number of nitrogens with one attached hydrogen (secondary N) is 2. The van der Waals surface area contributed by atoms with E-state index in [2.05, 4.69) is 10.6 Å². The van der Waals surface area contributed by atoms with E-state index in [1.54, 1.807) is 6.92 Å². The summed E-state index contributed by atoms with van der Waals surface area (Å²) in [6.45, 7) is 6.95. The lowest BCUT2D eigenvalue weighted by Crippen LogP contribution is -2.59. The molecule has 20 heavy (non-hydrogen) atoms.